The van der Waals surface area contributed by atoms with E-state index in [2.05, 4.69) is 10.3 Å². The van der Waals surface area contributed by atoms with Crippen LogP contribution in [0.5, 0.6) is 0 Å². The fraction of sp³-hybridized carbons (Fsp3) is 0.667. The van der Waals surface area contributed by atoms with Crippen molar-refractivity contribution in [1.82, 2.24) is 14.4 Å². The molecule has 0 saturated heterocycles. The minimum absolute atomic E-state index is 0.211. The average Bonchev–Trinajstić information content (AvgIpc) is 2.50. The molecular weight excluding hydrogens is 208 g/mol. The van der Waals surface area contributed by atoms with Crippen LogP contribution in [0.4, 0.5) is 0 Å². The molecule has 1 unspecified atom stereocenters. The van der Waals surface area contributed by atoms with Gasteiger partial charge in [-0.2, -0.15) is 0 Å². The highest BCUT2D eigenvalue weighted by Crippen LogP contribution is 2.09. The first-order valence-corrected chi connectivity index (χ1v) is 5.67. The van der Waals surface area contributed by atoms with Gasteiger partial charge in [-0.15, -0.1) is 9.19 Å². The Bertz CT molecular complexity index is 399. The van der Waals surface area contributed by atoms with Crippen molar-refractivity contribution in [1.29, 1.82) is 0 Å². The van der Waals surface area contributed by atoms with Crippen LogP contribution in [0.25, 0.3) is 0 Å². The van der Waals surface area contributed by atoms with E-state index < -0.39 is 16.1 Å². The van der Waals surface area contributed by atoms with Crippen LogP contribution < -0.4 is 5.73 Å². The molecule has 0 aliphatic carbocycles. The van der Waals surface area contributed by atoms with Crippen LogP contribution in [0, 0.1) is 0 Å². The molecule has 1 aromatic heterocycles. The monoisotopic (exact) mass is 220 g/mol. The van der Waals surface area contributed by atoms with Crippen LogP contribution in [0.15, 0.2) is 6.20 Å². The summed E-state index contributed by atoms with van der Waals surface area (Å²) in [7, 11) is -1.97. The molecule has 0 aliphatic rings. The van der Waals surface area contributed by atoms with Crippen molar-refractivity contribution in [2.45, 2.75) is 6.04 Å². The highest BCUT2D eigenvalue weighted by molar-refractivity contribution is 7.89. The van der Waals surface area contributed by atoms with Gasteiger partial charge in [0, 0.05) is 7.11 Å². The minimum Gasteiger partial charge on any atom is -0.383 e. The van der Waals surface area contributed by atoms with Gasteiger partial charge in [-0.05, 0) is 0 Å². The van der Waals surface area contributed by atoms with Crippen LogP contribution >= 0.6 is 0 Å². The van der Waals surface area contributed by atoms with Gasteiger partial charge >= 0.3 is 0 Å². The van der Waals surface area contributed by atoms with Crippen molar-refractivity contribution in [3.63, 3.8) is 0 Å². The van der Waals surface area contributed by atoms with Gasteiger partial charge in [0.1, 0.15) is 0 Å². The van der Waals surface area contributed by atoms with E-state index in [-0.39, 0.29) is 6.61 Å². The normalized spacial score (nSPS) is 14.2. The fourth-order valence-corrected chi connectivity index (χ4v) is 1.73. The Labute approximate surface area is 81.9 Å². The second-order valence-electron chi connectivity index (χ2n) is 2.83. The molecule has 8 heteroatoms. The maximum Gasteiger partial charge on any atom is 0.252 e. The lowest BCUT2D eigenvalue weighted by atomic mass is 10.2. The van der Waals surface area contributed by atoms with E-state index in [9.17, 15) is 8.42 Å². The molecule has 7 nitrogen and oxygen atoms in total. The molecule has 0 amide bonds. The average molecular weight is 220 g/mol. The fourth-order valence-electron chi connectivity index (χ4n) is 0.993. The molecule has 0 saturated carbocycles. The highest BCUT2D eigenvalue weighted by Gasteiger charge is 2.18. The van der Waals surface area contributed by atoms with Crippen LogP contribution in [0.2, 0.25) is 0 Å². The number of aromatic nitrogens is 3. The molecule has 0 aromatic carbocycles. The van der Waals surface area contributed by atoms with Crippen molar-refractivity contribution in [3.05, 3.63) is 11.9 Å². The third kappa shape index (κ3) is 2.28. The Kier molecular flexibility index (Phi) is 3.19. The standard InChI is InChI=1S/C6H12N4O3S/c1-13-4-5(7)6-3-8-9-10(6)14(2,11)12/h3,5H,4,7H2,1-2H3. The minimum atomic E-state index is -3.45. The van der Waals surface area contributed by atoms with Crippen molar-refractivity contribution in [3.8, 4) is 0 Å². The first-order chi connectivity index (χ1) is 6.46. The zero-order chi connectivity index (χ0) is 10.8. The molecular formula is C6H12N4O3S. The van der Waals surface area contributed by atoms with Crippen LogP contribution in [-0.2, 0) is 14.8 Å². The zero-order valence-corrected chi connectivity index (χ0v) is 8.73. The van der Waals surface area contributed by atoms with E-state index in [1.807, 2.05) is 0 Å². The van der Waals surface area contributed by atoms with Crippen molar-refractivity contribution in [2.75, 3.05) is 20.0 Å². The quantitative estimate of drug-likeness (QED) is 0.679. The molecule has 1 aromatic rings. The molecule has 2 N–H and O–H groups in total. The Hall–Kier alpha value is -0.990. The maximum absolute atomic E-state index is 11.2. The lowest BCUT2D eigenvalue weighted by molar-refractivity contribution is 0.179. The first-order valence-electron chi connectivity index (χ1n) is 3.82. The Morgan fingerprint density at radius 1 is 1.71 bits per heavy atom. The predicted octanol–water partition coefficient (Wildman–Crippen LogP) is -1.27. The summed E-state index contributed by atoms with van der Waals surface area (Å²) < 4.78 is 28.0. The summed E-state index contributed by atoms with van der Waals surface area (Å²) in [5.41, 5.74) is 5.97. The Morgan fingerprint density at radius 2 is 2.36 bits per heavy atom. The molecule has 1 atom stereocenters. The number of nitrogens with zero attached hydrogens (tertiary/aromatic N) is 3. The molecule has 1 heterocycles. The van der Waals surface area contributed by atoms with E-state index in [0.717, 1.165) is 10.3 Å². The SMILES string of the molecule is COCC(N)c1cnnn1S(C)(=O)=O. The predicted molar refractivity (Wildman–Crippen MR) is 49.1 cm³/mol. The topological polar surface area (TPSA) is 100 Å². The van der Waals surface area contributed by atoms with Crippen molar-refractivity contribution in [2.24, 2.45) is 5.73 Å². The molecule has 0 radical (unpaired) electrons. The van der Waals surface area contributed by atoms with Crippen LogP contribution in [0.3, 0.4) is 0 Å². The number of hydrogen-bond donors (Lipinski definition) is 1. The Balaban J connectivity index is 3.05. The van der Waals surface area contributed by atoms with E-state index >= 15 is 0 Å². The zero-order valence-electron chi connectivity index (χ0n) is 7.91. The number of hydrogen-bond acceptors (Lipinski definition) is 6. The molecule has 80 valence electrons. The highest BCUT2D eigenvalue weighted by atomic mass is 32.2. The van der Waals surface area contributed by atoms with E-state index in [1.165, 1.54) is 13.3 Å². The third-order valence-electron chi connectivity index (χ3n) is 1.58. The summed E-state index contributed by atoms with van der Waals surface area (Å²) in [6.07, 6.45) is 2.34. The molecule has 0 aliphatic heterocycles. The summed E-state index contributed by atoms with van der Waals surface area (Å²) >= 11 is 0. The number of nitrogens with two attached hydrogens (primary N) is 1. The van der Waals surface area contributed by atoms with Crippen LogP contribution in [-0.4, -0.2) is 42.8 Å². The molecule has 14 heavy (non-hydrogen) atoms. The van der Waals surface area contributed by atoms with Gasteiger partial charge in [0.15, 0.2) is 0 Å². The second-order valence-corrected chi connectivity index (χ2v) is 4.64. The van der Waals surface area contributed by atoms with Gasteiger partial charge in [0.05, 0.1) is 30.8 Å². The van der Waals surface area contributed by atoms with E-state index in [4.69, 9.17) is 10.5 Å². The lowest BCUT2D eigenvalue weighted by Gasteiger charge is -2.10. The second kappa shape index (κ2) is 4.03. The number of ether oxygens (including phenoxy) is 1. The van der Waals surface area contributed by atoms with Crippen LogP contribution in [0.1, 0.15) is 11.7 Å². The molecule has 0 bridgehead atoms. The number of methoxy groups -OCH3 is 1. The first kappa shape index (κ1) is 11.1. The van der Waals surface area contributed by atoms with E-state index in [0.29, 0.717) is 5.69 Å². The largest absolute Gasteiger partial charge is 0.383 e. The summed E-state index contributed by atoms with van der Waals surface area (Å²) in [6, 6.07) is -0.551. The third-order valence-corrected chi connectivity index (χ3v) is 2.50. The van der Waals surface area contributed by atoms with Gasteiger partial charge in [-0.3, -0.25) is 0 Å². The summed E-state index contributed by atoms with van der Waals surface area (Å²) in [5.74, 6) is 0. The Morgan fingerprint density at radius 3 is 2.86 bits per heavy atom. The number of rotatable bonds is 4. The molecule has 0 spiro atoms. The maximum atomic E-state index is 11.2. The lowest BCUT2D eigenvalue weighted by Crippen LogP contribution is -2.24. The van der Waals surface area contributed by atoms with Crippen molar-refractivity contribution >= 4 is 10.0 Å². The van der Waals surface area contributed by atoms with Crippen molar-refractivity contribution < 1.29 is 13.2 Å². The molecule has 0 fully saturated rings. The van der Waals surface area contributed by atoms with Gasteiger partial charge in [-0.25, -0.2) is 8.42 Å². The smallest absolute Gasteiger partial charge is 0.252 e. The van der Waals surface area contributed by atoms with Gasteiger partial charge in [-0.1, -0.05) is 5.21 Å². The molecule has 1 rings (SSSR count). The van der Waals surface area contributed by atoms with Gasteiger partial charge in [0.2, 0.25) is 0 Å². The van der Waals surface area contributed by atoms with Gasteiger partial charge in [0.25, 0.3) is 10.0 Å². The summed E-state index contributed by atoms with van der Waals surface area (Å²) in [6.45, 7) is 0.211. The summed E-state index contributed by atoms with van der Waals surface area (Å²) in [4.78, 5) is 0. The van der Waals surface area contributed by atoms with E-state index in [1.54, 1.807) is 0 Å². The summed E-state index contributed by atoms with van der Waals surface area (Å²) in [5, 5.41) is 6.92. The van der Waals surface area contributed by atoms with Gasteiger partial charge < -0.3 is 10.5 Å².